The van der Waals surface area contributed by atoms with Gasteiger partial charge in [-0.15, -0.1) is 0 Å². The average Bonchev–Trinajstić information content (AvgIpc) is 3.78. The van der Waals surface area contributed by atoms with Gasteiger partial charge in [-0.1, -0.05) is 78.9 Å². The molecule has 0 spiro atoms. The summed E-state index contributed by atoms with van der Waals surface area (Å²) in [5, 5.41) is 8.27. The highest BCUT2D eigenvalue weighted by atomic mass is 15.1. The Balaban J connectivity index is 1.55. The van der Waals surface area contributed by atoms with Crippen molar-refractivity contribution in [2.75, 3.05) is 0 Å². The van der Waals surface area contributed by atoms with Gasteiger partial charge < -0.3 is 9.13 Å². The number of pyridine rings is 2. The van der Waals surface area contributed by atoms with Crippen molar-refractivity contribution in [1.82, 2.24) is 23.5 Å². The second kappa shape index (κ2) is 8.30. The molecule has 0 radical (unpaired) electrons. The smallest absolute Gasteiger partial charge is 0.147 e. The van der Waals surface area contributed by atoms with E-state index in [4.69, 9.17) is 4.98 Å². The molecule has 0 saturated carbocycles. The number of imidazole rings is 1. The number of hydrogen-bond acceptors (Lipinski definition) is 2. The van der Waals surface area contributed by atoms with Gasteiger partial charge in [-0.25, -0.2) is 4.98 Å². The molecule has 10 rings (SSSR count). The summed E-state index contributed by atoms with van der Waals surface area (Å²) in [6.07, 6.45) is 7.78. The van der Waals surface area contributed by atoms with E-state index in [0.717, 1.165) is 44.2 Å². The monoisotopic (exact) mass is 549 g/mol. The average molecular weight is 550 g/mol. The Bertz CT molecular complexity index is 2710. The zero-order valence-corrected chi connectivity index (χ0v) is 23.0. The van der Waals surface area contributed by atoms with E-state index in [0.29, 0.717) is 0 Å². The van der Waals surface area contributed by atoms with Crippen LogP contribution in [0, 0.1) is 0 Å². The van der Waals surface area contributed by atoms with Crippen LogP contribution in [-0.2, 0) is 0 Å². The molecule has 0 atom stereocenters. The molecule has 0 aliphatic carbocycles. The number of benzene rings is 5. The van der Waals surface area contributed by atoms with Crippen LogP contribution in [0.1, 0.15) is 0 Å². The standard InChI is InChI=1S/C38H23N5/c1-3-9-24(10-4-1)42-33-14-8-7-13-26(33)28-17-18-30-29-16-15-27-31-23-39-20-19-32(31)41-22-21-40-38(41)34(27)35(29)43(37(30)36(28)42)25-11-5-2-6-12-25/h1-23H. The number of para-hydroxylation sites is 3. The van der Waals surface area contributed by atoms with Crippen molar-refractivity contribution in [3.05, 3.63) is 140 Å². The van der Waals surface area contributed by atoms with Gasteiger partial charge in [0.2, 0.25) is 0 Å². The minimum absolute atomic E-state index is 0.944. The van der Waals surface area contributed by atoms with Crippen molar-refractivity contribution in [2.24, 2.45) is 0 Å². The van der Waals surface area contributed by atoms with E-state index in [1.807, 2.05) is 18.6 Å². The summed E-state index contributed by atoms with van der Waals surface area (Å²) in [5.74, 6) is 0. The van der Waals surface area contributed by atoms with Crippen molar-refractivity contribution < 1.29 is 0 Å². The van der Waals surface area contributed by atoms with Crippen molar-refractivity contribution >= 4 is 70.9 Å². The molecule has 0 amide bonds. The molecule has 0 unspecified atom stereocenters. The molecule has 5 aromatic heterocycles. The minimum Gasteiger partial charge on any atom is -0.307 e. The molecular formula is C38H23N5. The normalized spacial score (nSPS) is 12.2. The number of rotatable bonds is 2. The number of nitrogens with zero attached hydrogens (tertiary/aromatic N) is 5. The summed E-state index contributed by atoms with van der Waals surface area (Å²) in [4.78, 5) is 9.46. The maximum absolute atomic E-state index is 4.94. The lowest BCUT2D eigenvalue weighted by molar-refractivity contribution is 1.15. The summed E-state index contributed by atoms with van der Waals surface area (Å²) in [7, 11) is 0. The molecular weight excluding hydrogens is 526 g/mol. The molecule has 0 saturated heterocycles. The summed E-state index contributed by atoms with van der Waals surface area (Å²) in [6, 6.07) is 41.4. The van der Waals surface area contributed by atoms with Gasteiger partial charge in [0.1, 0.15) is 5.65 Å². The van der Waals surface area contributed by atoms with E-state index >= 15 is 0 Å². The van der Waals surface area contributed by atoms with Crippen LogP contribution in [0.4, 0.5) is 0 Å². The topological polar surface area (TPSA) is 40.1 Å². The van der Waals surface area contributed by atoms with Crippen LogP contribution >= 0.6 is 0 Å². The Morgan fingerprint density at radius 3 is 1.86 bits per heavy atom. The predicted molar refractivity (Wildman–Crippen MR) is 177 cm³/mol. The van der Waals surface area contributed by atoms with Gasteiger partial charge in [0, 0.05) is 63.1 Å². The van der Waals surface area contributed by atoms with Crippen LogP contribution in [0.5, 0.6) is 0 Å². The van der Waals surface area contributed by atoms with Gasteiger partial charge in [-0.05, 0) is 41.8 Å². The van der Waals surface area contributed by atoms with E-state index in [2.05, 4.69) is 140 Å². The van der Waals surface area contributed by atoms with Crippen molar-refractivity contribution in [3.8, 4) is 11.4 Å². The largest absolute Gasteiger partial charge is 0.307 e. The molecule has 5 aromatic carbocycles. The first kappa shape index (κ1) is 22.7. The Kier molecular flexibility index (Phi) is 4.39. The summed E-state index contributed by atoms with van der Waals surface area (Å²) < 4.78 is 7.09. The molecule has 43 heavy (non-hydrogen) atoms. The minimum atomic E-state index is 0.944. The third kappa shape index (κ3) is 2.90. The molecule has 5 heteroatoms. The van der Waals surface area contributed by atoms with Crippen LogP contribution < -0.4 is 0 Å². The van der Waals surface area contributed by atoms with E-state index in [-0.39, 0.29) is 0 Å². The molecule has 200 valence electrons. The van der Waals surface area contributed by atoms with Crippen molar-refractivity contribution in [2.45, 2.75) is 0 Å². The highest BCUT2D eigenvalue weighted by molar-refractivity contribution is 6.30. The molecule has 0 fully saturated rings. The fourth-order valence-corrected chi connectivity index (χ4v) is 7.26. The quantitative estimate of drug-likeness (QED) is 0.202. The van der Waals surface area contributed by atoms with Gasteiger partial charge in [0.05, 0.1) is 33.0 Å². The Hall–Kier alpha value is -5.94. The van der Waals surface area contributed by atoms with Crippen LogP contribution in [0.2, 0.25) is 0 Å². The zero-order chi connectivity index (χ0) is 28.1. The summed E-state index contributed by atoms with van der Waals surface area (Å²) in [6.45, 7) is 0. The third-order valence-electron chi connectivity index (χ3n) is 8.97. The van der Waals surface area contributed by atoms with Gasteiger partial charge in [-0.2, -0.15) is 0 Å². The zero-order valence-electron chi connectivity index (χ0n) is 23.0. The van der Waals surface area contributed by atoms with Crippen molar-refractivity contribution in [1.29, 1.82) is 0 Å². The predicted octanol–water partition coefficient (Wildman–Crippen LogP) is 9.23. The first-order valence-electron chi connectivity index (χ1n) is 14.5. The molecule has 0 bridgehead atoms. The van der Waals surface area contributed by atoms with E-state index < -0.39 is 0 Å². The molecule has 5 nitrogen and oxygen atoms in total. The fraction of sp³-hybridized carbons (Fsp3) is 0. The lowest BCUT2D eigenvalue weighted by atomic mass is 10.0. The SMILES string of the molecule is c1ccc(-n2c3ccccc3c3ccc4c5ccc6c7cnccc7n7ccnc7c6c5n(-c5ccccc5)c4c32)cc1. The fourth-order valence-electron chi connectivity index (χ4n) is 7.26. The molecule has 0 aliphatic rings. The molecule has 10 aromatic rings. The summed E-state index contributed by atoms with van der Waals surface area (Å²) >= 11 is 0. The van der Waals surface area contributed by atoms with Crippen LogP contribution in [-0.4, -0.2) is 23.5 Å². The molecule has 0 aliphatic heterocycles. The number of hydrogen-bond donors (Lipinski definition) is 0. The molecule has 0 N–H and O–H groups in total. The van der Waals surface area contributed by atoms with E-state index in [1.165, 1.54) is 38.1 Å². The number of fused-ring (bicyclic) bond motifs is 14. The second-order valence-electron chi connectivity index (χ2n) is 11.1. The summed E-state index contributed by atoms with van der Waals surface area (Å²) in [5.41, 5.74) is 9.02. The van der Waals surface area contributed by atoms with E-state index in [9.17, 15) is 0 Å². The van der Waals surface area contributed by atoms with Gasteiger partial charge in [0.25, 0.3) is 0 Å². The van der Waals surface area contributed by atoms with Crippen LogP contribution in [0.25, 0.3) is 82.3 Å². The van der Waals surface area contributed by atoms with Crippen LogP contribution in [0.15, 0.2) is 140 Å². The van der Waals surface area contributed by atoms with E-state index in [1.54, 1.807) is 0 Å². The Labute approximate surface area is 245 Å². The molecule has 5 heterocycles. The van der Waals surface area contributed by atoms with Crippen LogP contribution in [0.3, 0.4) is 0 Å². The van der Waals surface area contributed by atoms with Gasteiger partial charge >= 0.3 is 0 Å². The maximum atomic E-state index is 4.94. The highest BCUT2D eigenvalue weighted by Crippen LogP contribution is 2.44. The maximum Gasteiger partial charge on any atom is 0.147 e. The first-order chi connectivity index (χ1) is 21.4. The van der Waals surface area contributed by atoms with Crippen molar-refractivity contribution in [3.63, 3.8) is 0 Å². The lowest BCUT2D eigenvalue weighted by Gasteiger charge is -2.14. The lowest BCUT2D eigenvalue weighted by Crippen LogP contribution is -1.99. The second-order valence-corrected chi connectivity index (χ2v) is 11.1. The van der Waals surface area contributed by atoms with Gasteiger partial charge in [0.15, 0.2) is 0 Å². The van der Waals surface area contributed by atoms with Gasteiger partial charge in [-0.3, -0.25) is 9.38 Å². The Morgan fingerprint density at radius 2 is 1.07 bits per heavy atom. The number of aromatic nitrogens is 5. The first-order valence-corrected chi connectivity index (χ1v) is 14.5. The Morgan fingerprint density at radius 1 is 0.442 bits per heavy atom. The highest BCUT2D eigenvalue weighted by Gasteiger charge is 2.24. The third-order valence-corrected chi connectivity index (χ3v) is 8.97.